The molecule has 4 heterocycles. The van der Waals surface area contributed by atoms with Crippen molar-refractivity contribution in [3.05, 3.63) is 28.6 Å². The summed E-state index contributed by atoms with van der Waals surface area (Å²) in [5, 5.41) is 22.8. The van der Waals surface area contributed by atoms with Crippen molar-refractivity contribution >= 4 is 62.8 Å². The van der Waals surface area contributed by atoms with E-state index in [1.807, 2.05) is 53.0 Å². The Labute approximate surface area is 383 Å². The summed E-state index contributed by atoms with van der Waals surface area (Å²) in [6.45, 7) is 17.8. The van der Waals surface area contributed by atoms with Gasteiger partial charge in [-0.1, -0.05) is 52.6 Å². The van der Waals surface area contributed by atoms with Crippen molar-refractivity contribution in [2.45, 2.75) is 116 Å². The van der Waals surface area contributed by atoms with Crippen LogP contribution in [0.15, 0.2) is 23.6 Å². The number of likely N-dealkylation sites (tertiary alicyclic amines) is 1. The fourth-order valence-corrected chi connectivity index (χ4v) is 11.0. The molecule has 9 atom stereocenters. The number of nitrogens with zero attached hydrogens (tertiary/aromatic N) is 4. The van der Waals surface area contributed by atoms with Crippen LogP contribution >= 0.6 is 22.9 Å². The Kier molecular flexibility index (Phi) is 13.3. The lowest BCUT2D eigenvalue weighted by atomic mass is 9.85. The number of carboxylic acids is 1. The number of carbonyl (C=O) groups is 4. The molecule has 3 aliphatic carbocycles. The summed E-state index contributed by atoms with van der Waals surface area (Å²) in [6, 6.07) is 3.37. The molecule has 2 saturated heterocycles. The second-order valence-corrected chi connectivity index (χ2v) is 20.8. The number of ether oxygens (including phenoxy) is 4. The van der Waals surface area contributed by atoms with Gasteiger partial charge in [-0.3, -0.25) is 14.5 Å². The third kappa shape index (κ3) is 9.73. The van der Waals surface area contributed by atoms with E-state index in [4.69, 9.17) is 40.5 Å². The quantitative estimate of drug-likeness (QED) is 0.123. The number of amides is 3. The minimum absolute atomic E-state index is 0.0316. The van der Waals surface area contributed by atoms with Crippen molar-refractivity contribution < 1.29 is 43.2 Å². The number of hydrogen-bond acceptors (Lipinski definition) is 13. The number of fused-ring (bicyclic) bond motifs is 2. The lowest BCUT2D eigenvalue weighted by Gasteiger charge is -2.35. The number of pyridine rings is 1. The summed E-state index contributed by atoms with van der Waals surface area (Å²) in [5.41, 5.74) is -0.692. The number of hydrogen-bond donors (Lipinski definition) is 4. The molecule has 1 aromatic carbocycles. The Morgan fingerprint density at radius 1 is 1.05 bits per heavy atom. The number of morpholine rings is 1. The van der Waals surface area contributed by atoms with Gasteiger partial charge in [0.15, 0.2) is 5.13 Å². The molecule has 4 N–H and O–H groups in total. The number of carbonyl (C=O) groups excluding carboxylic acids is 3. The number of anilines is 1. The summed E-state index contributed by atoms with van der Waals surface area (Å²) in [4.78, 5) is 68.7. The Morgan fingerprint density at radius 3 is 2.44 bits per heavy atom. The molecule has 348 valence electrons. The van der Waals surface area contributed by atoms with Crippen LogP contribution in [0.1, 0.15) is 80.6 Å². The highest BCUT2D eigenvalue weighted by Gasteiger charge is 2.62. The number of aliphatic carboxylic acids is 1. The lowest BCUT2D eigenvalue weighted by molar-refractivity contribution is -0.146. The van der Waals surface area contributed by atoms with E-state index in [0.717, 1.165) is 31.1 Å². The summed E-state index contributed by atoms with van der Waals surface area (Å²) in [6.07, 6.45) is 0.892. The van der Waals surface area contributed by atoms with Crippen LogP contribution in [0.2, 0.25) is 5.02 Å². The van der Waals surface area contributed by atoms with E-state index in [1.165, 1.54) is 16.2 Å². The molecule has 64 heavy (non-hydrogen) atoms. The molecule has 3 unspecified atom stereocenters. The van der Waals surface area contributed by atoms with Gasteiger partial charge in [-0.15, -0.1) is 11.3 Å². The molecule has 3 amide bonds. The SMILES string of the molecule is CCC1C[C@]1(NC(=O)[C@@H]1C[C@@H](Oc2cc(-c3csc(NC(C)C)n3)nc3c(Cl)c(OCCN4CCOCC4)ccc23)CN1C(=O)[C@@H](NC(=O)OC1C[C@@H]2C(C)[C@@H]2C1)C(C)(C)C)C(=O)O. The highest BCUT2D eigenvalue weighted by molar-refractivity contribution is 7.14. The van der Waals surface area contributed by atoms with Crippen molar-refractivity contribution in [1.29, 1.82) is 0 Å². The molecule has 5 fully saturated rings. The van der Waals surface area contributed by atoms with Crippen LogP contribution in [-0.4, -0.2) is 131 Å². The molecule has 3 saturated carbocycles. The van der Waals surface area contributed by atoms with Gasteiger partial charge in [-0.05, 0) is 74.3 Å². The molecule has 8 rings (SSSR count). The fourth-order valence-electron chi connectivity index (χ4n) is 9.84. The number of nitrogens with one attached hydrogen (secondary N) is 3. The second-order valence-electron chi connectivity index (χ2n) is 19.6. The number of thiazole rings is 1. The number of carboxylic acid groups (broad SMARTS) is 1. The van der Waals surface area contributed by atoms with Crippen molar-refractivity contribution in [3.63, 3.8) is 0 Å². The Bertz CT molecular complexity index is 2240. The predicted octanol–water partition coefficient (Wildman–Crippen LogP) is 6.45. The zero-order valence-electron chi connectivity index (χ0n) is 37.8. The Balaban J connectivity index is 1.09. The molecular weight excluding hydrogens is 862 g/mol. The highest BCUT2D eigenvalue weighted by atomic mass is 35.5. The van der Waals surface area contributed by atoms with Gasteiger partial charge < -0.3 is 44.9 Å². The zero-order chi connectivity index (χ0) is 45.7. The lowest BCUT2D eigenvalue weighted by Crippen LogP contribution is -2.59. The first-order valence-corrected chi connectivity index (χ1v) is 24.0. The van der Waals surface area contributed by atoms with E-state index < -0.39 is 53.0 Å². The average molecular weight is 925 g/mol. The molecule has 0 bridgehead atoms. The summed E-state index contributed by atoms with van der Waals surface area (Å²) < 4.78 is 24.4. The van der Waals surface area contributed by atoms with Crippen molar-refractivity contribution in [2.24, 2.45) is 29.1 Å². The van der Waals surface area contributed by atoms with Gasteiger partial charge in [-0.2, -0.15) is 0 Å². The van der Waals surface area contributed by atoms with Crippen LogP contribution in [-0.2, 0) is 23.9 Å². The average Bonchev–Trinajstić information content (AvgIpc) is 3.73. The van der Waals surface area contributed by atoms with Crippen LogP contribution < -0.4 is 25.4 Å². The smallest absolute Gasteiger partial charge is 0.408 e. The molecule has 0 spiro atoms. The Hall–Kier alpha value is -4.45. The molecule has 0 radical (unpaired) electrons. The number of rotatable bonds is 16. The maximum Gasteiger partial charge on any atom is 0.408 e. The van der Waals surface area contributed by atoms with Gasteiger partial charge in [0, 0.05) is 48.9 Å². The second kappa shape index (κ2) is 18.4. The maximum atomic E-state index is 14.9. The van der Waals surface area contributed by atoms with Crippen molar-refractivity contribution in [1.82, 2.24) is 30.4 Å². The molecule has 5 aliphatic rings. The van der Waals surface area contributed by atoms with Gasteiger partial charge in [0.2, 0.25) is 11.8 Å². The largest absolute Gasteiger partial charge is 0.491 e. The molecule has 16 nitrogen and oxygen atoms in total. The molecular formula is C46H62ClN7O9S. The third-order valence-electron chi connectivity index (χ3n) is 13.7. The van der Waals surface area contributed by atoms with Crippen LogP contribution in [0.3, 0.4) is 0 Å². The normalized spacial score (nSPS) is 28.1. The third-order valence-corrected chi connectivity index (χ3v) is 14.9. The van der Waals surface area contributed by atoms with E-state index in [2.05, 4.69) is 27.8 Å². The van der Waals surface area contributed by atoms with Gasteiger partial charge in [0.1, 0.15) is 58.7 Å². The number of benzene rings is 1. The topological polar surface area (TPSA) is 194 Å². The van der Waals surface area contributed by atoms with Crippen LogP contribution in [0, 0.1) is 29.1 Å². The van der Waals surface area contributed by atoms with Gasteiger partial charge >= 0.3 is 12.1 Å². The van der Waals surface area contributed by atoms with Crippen LogP contribution in [0.5, 0.6) is 11.5 Å². The number of halogens is 1. The first-order chi connectivity index (χ1) is 30.4. The van der Waals surface area contributed by atoms with Gasteiger partial charge in [-0.25, -0.2) is 19.6 Å². The fraction of sp³-hybridized carbons (Fsp3) is 0.652. The molecule has 18 heteroatoms. The zero-order valence-corrected chi connectivity index (χ0v) is 39.4. The van der Waals surface area contributed by atoms with E-state index in [0.29, 0.717) is 95.8 Å². The minimum Gasteiger partial charge on any atom is -0.491 e. The maximum absolute atomic E-state index is 14.9. The van der Waals surface area contributed by atoms with E-state index in [-0.39, 0.29) is 31.0 Å². The van der Waals surface area contributed by atoms with E-state index >= 15 is 0 Å². The minimum atomic E-state index is -1.42. The van der Waals surface area contributed by atoms with E-state index in [9.17, 15) is 24.3 Å². The highest BCUT2D eigenvalue weighted by Crippen LogP contribution is 2.57. The standard InChI is InChI=1S/C46H62ClN7O9S/c1-8-26-21-46(26,42(57)58)52-40(55)34-19-28(22-54(34)41(56)39(45(5,6)7)51-44(59)63-27-17-30-25(4)31(30)18-27)62-36-20-32(33-23-64-43(50-33)48-24(2)3)49-38-29(36)9-10-35(37(38)47)61-16-13-53-11-14-60-15-12-53/h9-10,20,23-28,30-31,34,39H,8,11-19,21-22H2,1-7H3,(H,48,50)(H,51,59)(H,52,55)(H,57,58)/t25?,26?,27?,28-,30-,31+,34+,39-,46-/m1/s1. The summed E-state index contributed by atoms with van der Waals surface area (Å²) in [7, 11) is 0. The molecule has 2 aromatic heterocycles. The molecule has 2 aliphatic heterocycles. The van der Waals surface area contributed by atoms with Crippen LogP contribution in [0.4, 0.5) is 9.93 Å². The van der Waals surface area contributed by atoms with E-state index in [1.54, 1.807) is 12.1 Å². The Morgan fingerprint density at radius 2 is 1.78 bits per heavy atom. The van der Waals surface area contributed by atoms with Crippen molar-refractivity contribution in [3.8, 4) is 22.9 Å². The molecule has 3 aromatic rings. The predicted molar refractivity (Wildman–Crippen MR) is 243 cm³/mol. The van der Waals surface area contributed by atoms with Crippen LogP contribution in [0.25, 0.3) is 22.3 Å². The number of aromatic nitrogens is 2. The first-order valence-electron chi connectivity index (χ1n) is 22.7. The van der Waals surface area contributed by atoms with Crippen molar-refractivity contribution in [2.75, 3.05) is 51.3 Å². The van der Waals surface area contributed by atoms with Gasteiger partial charge in [0.25, 0.3) is 0 Å². The monoisotopic (exact) mass is 923 g/mol. The number of alkyl carbamates (subject to hydrolysis) is 1. The summed E-state index contributed by atoms with van der Waals surface area (Å²) in [5.74, 6) is 0.198. The van der Waals surface area contributed by atoms with Gasteiger partial charge in [0.05, 0.1) is 31.0 Å². The first kappa shape index (κ1) is 46.1. The summed E-state index contributed by atoms with van der Waals surface area (Å²) >= 11 is 8.56.